The van der Waals surface area contributed by atoms with Gasteiger partial charge in [-0.1, -0.05) is 12.1 Å². The number of carbonyl (C=O) groups is 1. The lowest BCUT2D eigenvalue weighted by Crippen LogP contribution is -2.37. The van der Waals surface area contributed by atoms with Crippen LogP contribution in [0.2, 0.25) is 0 Å². The van der Waals surface area contributed by atoms with Gasteiger partial charge in [0.15, 0.2) is 11.5 Å². The standard InChI is InChI=1S/C17H15FO5/c1-20-13-7-6-12(18)8-11(13)9-22-17(19)16-10-21-14-4-2-3-5-15(14)23-16/h2-8,16H,9-10H2,1H3/t16-/m1/s1. The van der Waals surface area contributed by atoms with E-state index >= 15 is 0 Å². The molecule has 23 heavy (non-hydrogen) atoms. The molecule has 6 heteroatoms. The first kappa shape index (κ1) is 15.1. The first-order valence-corrected chi connectivity index (χ1v) is 7.05. The number of halogens is 1. The van der Waals surface area contributed by atoms with Crippen LogP contribution in [0.4, 0.5) is 4.39 Å². The number of fused-ring (bicyclic) bond motifs is 1. The van der Waals surface area contributed by atoms with Crippen LogP contribution in [-0.2, 0) is 16.1 Å². The second-order valence-electron chi connectivity index (χ2n) is 4.93. The Morgan fingerprint density at radius 1 is 1.26 bits per heavy atom. The van der Waals surface area contributed by atoms with Gasteiger partial charge in [0.25, 0.3) is 0 Å². The zero-order valence-electron chi connectivity index (χ0n) is 12.5. The number of para-hydroxylation sites is 2. The molecule has 0 aromatic heterocycles. The summed E-state index contributed by atoms with van der Waals surface area (Å²) in [5, 5.41) is 0. The fraction of sp³-hybridized carbons (Fsp3) is 0.235. The van der Waals surface area contributed by atoms with Crippen molar-refractivity contribution in [3.8, 4) is 17.2 Å². The molecule has 3 rings (SSSR count). The SMILES string of the molecule is COc1ccc(F)cc1COC(=O)[C@H]1COc2ccccc2O1. The highest BCUT2D eigenvalue weighted by Crippen LogP contribution is 2.31. The number of esters is 1. The molecule has 0 N–H and O–H groups in total. The molecule has 2 aromatic carbocycles. The van der Waals surface area contributed by atoms with Gasteiger partial charge in [-0.05, 0) is 30.3 Å². The van der Waals surface area contributed by atoms with Crippen LogP contribution in [0.15, 0.2) is 42.5 Å². The summed E-state index contributed by atoms with van der Waals surface area (Å²) in [4.78, 5) is 12.1. The third-order valence-corrected chi connectivity index (χ3v) is 3.38. The predicted octanol–water partition coefficient (Wildman–Crippen LogP) is 2.72. The van der Waals surface area contributed by atoms with Gasteiger partial charge < -0.3 is 18.9 Å². The summed E-state index contributed by atoms with van der Waals surface area (Å²) in [6, 6.07) is 11.1. The van der Waals surface area contributed by atoms with E-state index in [-0.39, 0.29) is 13.2 Å². The Balaban J connectivity index is 1.64. The second kappa shape index (κ2) is 6.56. The van der Waals surface area contributed by atoms with Gasteiger partial charge in [-0.15, -0.1) is 0 Å². The first-order chi connectivity index (χ1) is 11.2. The van der Waals surface area contributed by atoms with Gasteiger partial charge in [-0.3, -0.25) is 0 Å². The fourth-order valence-electron chi connectivity index (χ4n) is 2.24. The van der Waals surface area contributed by atoms with E-state index in [1.54, 1.807) is 18.2 Å². The topological polar surface area (TPSA) is 54.0 Å². The molecule has 1 atom stereocenters. The summed E-state index contributed by atoms with van der Waals surface area (Å²) in [5.41, 5.74) is 0.443. The van der Waals surface area contributed by atoms with Gasteiger partial charge in [0, 0.05) is 5.56 Å². The molecular formula is C17H15FO5. The Bertz CT molecular complexity index is 716. The van der Waals surface area contributed by atoms with E-state index < -0.39 is 17.9 Å². The van der Waals surface area contributed by atoms with E-state index in [1.807, 2.05) is 6.07 Å². The monoisotopic (exact) mass is 318 g/mol. The normalized spacial score (nSPS) is 15.8. The molecule has 1 aliphatic heterocycles. The third kappa shape index (κ3) is 3.36. The number of ether oxygens (including phenoxy) is 4. The maximum Gasteiger partial charge on any atom is 0.351 e. The van der Waals surface area contributed by atoms with Crippen LogP contribution in [0.1, 0.15) is 5.56 Å². The largest absolute Gasteiger partial charge is 0.496 e. The van der Waals surface area contributed by atoms with Crippen molar-refractivity contribution in [1.82, 2.24) is 0 Å². The molecule has 0 saturated heterocycles. The van der Waals surface area contributed by atoms with E-state index in [4.69, 9.17) is 18.9 Å². The van der Waals surface area contributed by atoms with Crippen molar-refractivity contribution in [3.63, 3.8) is 0 Å². The van der Waals surface area contributed by atoms with Gasteiger partial charge in [0.05, 0.1) is 7.11 Å². The van der Waals surface area contributed by atoms with E-state index in [9.17, 15) is 9.18 Å². The van der Waals surface area contributed by atoms with Crippen molar-refractivity contribution in [2.45, 2.75) is 12.7 Å². The van der Waals surface area contributed by atoms with Crippen LogP contribution >= 0.6 is 0 Å². The van der Waals surface area contributed by atoms with Crippen molar-refractivity contribution < 1.29 is 28.1 Å². The molecule has 0 aliphatic carbocycles. The zero-order chi connectivity index (χ0) is 16.2. The summed E-state index contributed by atoms with van der Waals surface area (Å²) >= 11 is 0. The maximum absolute atomic E-state index is 13.3. The van der Waals surface area contributed by atoms with Crippen LogP contribution < -0.4 is 14.2 Å². The van der Waals surface area contributed by atoms with Crippen molar-refractivity contribution in [3.05, 3.63) is 53.8 Å². The minimum atomic E-state index is -0.857. The van der Waals surface area contributed by atoms with E-state index in [1.165, 1.54) is 25.3 Å². The number of methoxy groups -OCH3 is 1. The van der Waals surface area contributed by atoms with Crippen LogP contribution in [-0.4, -0.2) is 25.8 Å². The van der Waals surface area contributed by atoms with E-state index in [0.29, 0.717) is 22.8 Å². The zero-order valence-corrected chi connectivity index (χ0v) is 12.5. The summed E-state index contributed by atoms with van der Waals surface area (Å²) in [6.07, 6.45) is -0.857. The average Bonchev–Trinajstić information content (AvgIpc) is 2.59. The van der Waals surface area contributed by atoms with Crippen molar-refractivity contribution >= 4 is 5.97 Å². The molecule has 120 valence electrons. The quantitative estimate of drug-likeness (QED) is 0.811. The molecule has 0 radical (unpaired) electrons. The van der Waals surface area contributed by atoms with Crippen molar-refractivity contribution in [2.24, 2.45) is 0 Å². The maximum atomic E-state index is 13.3. The highest BCUT2D eigenvalue weighted by Gasteiger charge is 2.28. The van der Waals surface area contributed by atoms with Crippen molar-refractivity contribution in [2.75, 3.05) is 13.7 Å². The Labute approximate surface area is 132 Å². The lowest BCUT2D eigenvalue weighted by atomic mass is 10.2. The molecule has 1 heterocycles. The van der Waals surface area contributed by atoms with Gasteiger partial charge in [0.2, 0.25) is 6.10 Å². The second-order valence-corrected chi connectivity index (χ2v) is 4.93. The molecule has 5 nitrogen and oxygen atoms in total. The van der Waals surface area contributed by atoms with Crippen LogP contribution in [0, 0.1) is 5.82 Å². The number of rotatable bonds is 4. The highest BCUT2D eigenvalue weighted by atomic mass is 19.1. The smallest absolute Gasteiger partial charge is 0.351 e. The minimum Gasteiger partial charge on any atom is -0.496 e. The molecule has 0 unspecified atom stereocenters. The number of carbonyl (C=O) groups excluding carboxylic acids is 1. The van der Waals surface area contributed by atoms with Crippen LogP contribution in [0.3, 0.4) is 0 Å². The minimum absolute atomic E-state index is 0.0656. The lowest BCUT2D eigenvalue weighted by molar-refractivity contribution is -0.155. The highest BCUT2D eigenvalue weighted by molar-refractivity contribution is 5.76. The molecule has 0 bridgehead atoms. The molecule has 0 saturated carbocycles. The summed E-state index contributed by atoms with van der Waals surface area (Å²) in [7, 11) is 1.47. The molecule has 0 fully saturated rings. The first-order valence-electron chi connectivity index (χ1n) is 7.05. The molecule has 0 spiro atoms. The summed E-state index contributed by atoms with van der Waals surface area (Å²) < 4.78 is 34.6. The van der Waals surface area contributed by atoms with Crippen molar-refractivity contribution in [1.29, 1.82) is 0 Å². The molecule has 1 aliphatic rings. The van der Waals surface area contributed by atoms with Gasteiger partial charge in [-0.2, -0.15) is 0 Å². The number of hydrogen-bond donors (Lipinski definition) is 0. The van der Waals surface area contributed by atoms with Gasteiger partial charge in [0.1, 0.15) is 24.8 Å². The van der Waals surface area contributed by atoms with Gasteiger partial charge >= 0.3 is 5.97 Å². The molecule has 0 amide bonds. The van der Waals surface area contributed by atoms with Gasteiger partial charge in [-0.25, -0.2) is 9.18 Å². The summed E-state index contributed by atoms with van der Waals surface area (Å²) in [6.45, 7) is -0.0442. The van der Waals surface area contributed by atoms with E-state index in [2.05, 4.69) is 0 Å². The lowest BCUT2D eigenvalue weighted by Gasteiger charge is -2.25. The third-order valence-electron chi connectivity index (χ3n) is 3.38. The number of hydrogen-bond acceptors (Lipinski definition) is 5. The Hall–Kier alpha value is -2.76. The Morgan fingerprint density at radius 3 is 2.83 bits per heavy atom. The fourth-order valence-corrected chi connectivity index (χ4v) is 2.24. The Kier molecular flexibility index (Phi) is 4.32. The number of benzene rings is 2. The summed E-state index contributed by atoms with van der Waals surface area (Å²) in [5.74, 6) is 0.520. The molecular weight excluding hydrogens is 303 g/mol. The van der Waals surface area contributed by atoms with Crippen LogP contribution in [0.25, 0.3) is 0 Å². The van der Waals surface area contributed by atoms with Crippen LogP contribution in [0.5, 0.6) is 17.2 Å². The average molecular weight is 318 g/mol. The predicted molar refractivity (Wildman–Crippen MR) is 79.1 cm³/mol. The molecule has 2 aromatic rings. The Morgan fingerprint density at radius 2 is 2.04 bits per heavy atom. The van der Waals surface area contributed by atoms with E-state index in [0.717, 1.165) is 0 Å².